The van der Waals surface area contributed by atoms with Crippen LogP contribution in [0, 0.1) is 5.82 Å². The summed E-state index contributed by atoms with van der Waals surface area (Å²) in [6, 6.07) is 17.5. The van der Waals surface area contributed by atoms with Crippen LogP contribution in [0.1, 0.15) is 24.2 Å². The number of halogens is 1. The van der Waals surface area contributed by atoms with Crippen molar-refractivity contribution in [3.05, 3.63) is 84.2 Å². The number of nitrogens with zero attached hydrogens (tertiary/aromatic N) is 4. The van der Waals surface area contributed by atoms with Gasteiger partial charge in [0.2, 0.25) is 0 Å². The number of piperazine rings is 1. The van der Waals surface area contributed by atoms with Crippen LogP contribution in [0.4, 0.5) is 10.1 Å². The second-order valence-corrected chi connectivity index (χ2v) is 7.12. The van der Waals surface area contributed by atoms with E-state index in [0.29, 0.717) is 0 Å². The molecule has 1 fully saturated rings. The fraction of sp³-hybridized carbons (Fsp3) is 0.318. The van der Waals surface area contributed by atoms with E-state index in [1.165, 1.54) is 23.5 Å². The Hall–Kier alpha value is -2.66. The zero-order chi connectivity index (χ0) is 18.6. The average molecular weight is 364 g/mol. The van der Waals surface area contributed by atoms with Gasteiger partial charge in [-0.25, -0.2) is 9.37 Å². The Kier molecular flexibility index (Phi) is 5.21. The van der Waals surface area contributed by atoms with Crippen molar-refractivity contribution in [3.8, 4) is 0 Å². The standard InChI is InChI=1S/C22H25FN4/c1-18(19-7-9-20(23)10-8-19)27-17-24-15-22(27)16-25-11-13-26(14-12-25)21-5-3-2-4-6-21/h2-10,15,17-18H,11-14,16H2,1H3. The number of imidazole rings is 1. The molecule has 27 heavy (non-hydrogen) atoms. The predicted molar refractivity (Wildman–Crippen MR) is 106 cm³/mol. The van der Waals surface area contributed by atoms with Crippen molar-refractivity contribution in [1.82, 2.24) is 14.5 Å². The van der Waals surface area contributed by atoms with E-state index in [0.717, 1.165) is 38.3 Å². The fourth-order valence-corrected chi connectivity index (χ4v) is 3.74. The monoisotopic (exact) mass is 364 g/mol. The first kappa shape index (κ1) is 17.7. The second-order valence-electron chi connectivity index (χ2n) is 7.12. The molecule has 1 unspecified atom stereocenters. The molecule has 2 aromatic carbocycles. The smallest absolute Gasteiger partial charge is 0.123 e. The Morgan fingerprint density at radius 2 is 1.67 bits per heavy atom. The molecule has 2 heterocycles. The minimum atomic E-state index is -0.201. The van der Waals surface area contributed by atoms with Crippen molar-refractivity contribution in [3.63, 3.8) is 0 Å². The molecule has 1 saturated heterocycles. The highest BCUT2D eigenvalue weighted by Crippen LogP contribution is 2.22. The van der Waals surface area contributed by atoms with Gasteiger partial charge < -0.3 is 9.47 Å². The van der Waals surface area contributed by atoms with Gasteiger partial charge in [-0.05, 0) is 36.8 Å². The highest BCUT2D eigenvalue weighted by Gasteiger charge is 2.19. The van der Waals surface area contributed by atoms with Gasteiger partial charge >= 0.3 is 0 Å². The highest BCUT2D eigenvalue weighted by molar-refractivity contribution is 5.46. The molecule has 1 atom stereocenters. The molecule has 0 aliphatic carbocycles. The lowest BCUT2D eigenvalue weighted by Gasteiger charge is -2.36. The number of hydrogen-bond acceptors (Lipinski definition) is 3. The van der Waals surface area contributed by atoms with E-state index in [-0.39, 0.29) is 11.9 Å². The number of para-hydroxylation sites is 1. The van der Waals surface area contributed by atoms with Crippen LogP contribution in [0.25, 0.3) is 0 Å². The van der Waals surface area contributed by atoms with Crippen molar-refractivity contribution in [1.29, 1.82) is 0 Å². The molecule has 5 heteroatoms. The van der Waals surface area contributed by atoms with Crippen LogP contribution in [0.15, 0.2) is 67.1 Å². The van der Waals surface area contributed by atoms with Crippen LogP contribution in [0.5, 0.6) is 0 Å². The Balaban J connectivity index is 1.40. The van der Waals surface area contributed by atoms with E-state index in [1.807, 2.05) is 24.7 Å². The van der Waals surface area contributed by atoms with Crippen molar-refractivity contribution in [2.75, 3.05) is 31.1 Å². The van der Waals surface area contributed by atoms with Crippen LogP contribution >= 0.6 is 0 Å². The van der Waals surface area contributed by atoms with E-state index in [1.54, 1.807) is 0 Å². The van der Waals surface area contributed by atoms with Crippen LogP contribution in [-0.4, -0.2) is 40.6 Å². The molecule has 0 N–H and O–H groups in total. The third-order valence-electron chi connectivity index (χ3n) is 5.40. The Bertz CT molecular complexity index is 852. The maximum atomic E-state index is 13.2. The molecule has 0 spiro atoms. The summed E-state index contributed by atoms with van der Waals surface area (Å²) in [7, 11) is 0. The lowest BCUT2D eigenvalue weighted by molar-refractivity contribution is 0.243. The number of hydrogen-bond donors (Lipinski definition) is 0. The average Bonchev–Trinajstić information content (AvgIpc) is 3.17. The molecule has 0 saturated carbocycles. The molecule has 4 rings (SSSR count). The van der Waals surface area contributed by atoms with Gasteiger partial charge in [0, 0.05) is 44.6 Å². The molecule has 0 amide bonds. The molecule has 1 aliphatic heterocycles. The zero-order valence-electron chi connectivity index (χ0n) is 15.6. The minimum absolute atomic E-state index is 0.133. The van der Waals surface area contributed by atoms with Crippen LogP contribution < -0.4 is 4.90 Å². The maximum absolute atomic E-state index is 13.2. The Morgan fingerprint density at radius 3 is 2.37 bits per heavy atom. The normalized spacial score (nSPS) is 16.4. The molecule has 4 nitrogen and oxygen atoms in total. The van der Waals surface area contributed by atoms with E-state index in [2.05, 4.69) is 56.6 Å². The van der Waals surface area contributed by atoms with Gasteiger partial charge in [-0.3, -0.25) is 4.90 Å². The minimum Gasteiger partial charge on any atom is -0.369 e. The first-order valence-electron chi connectivity index (χ1n) is 9.49. The van der Waals surface area contributed by atoms with Gasteiger partial charge in [-0.2, -0.15) is 0 Å². The van der Waals surface area contributed by atoms with Gasteiger partial charge in [0.15, 0.2) is 0 Å². The Labute approximate surface area is 159 Å². The van der Waals surface area contributed by atoms with Crippen LogP contribution in [-0.2, 0) is 6.54 Å². The third-order valence-corrected chi connectivity index (χ3v) is 5.40. The second kappa shape index (κ2) is 7.92. The van der Waals surface area contributed by atoms with Crippen LogP contribution in [0.3, 0.4) is 0 Å². The molecule has 3 aromatic rings. The van der Waals surface area contributed by atoms with Crippen molar-refractivity contribution < 1.29 is 4.39 Å². The summed E-state index contributed by atoms with van der Waals surface area (Å²) in [5.41, 5.74) is 3.58. The lowest BCUT2D eigenvalue weighted by Crippen LogP contribution is -2.46. The van der Waals surface area contributed by atoms with E-state index >= 15 is 0 Å². The fourth-order valence-electron chi connectivity index (χ4n) is 3.74. The maximum Gasteiger partial charge on any atom is 0.123 e. The molecule has 0 radical (unpaired) electrons. The van der Waals surface area contributed by atoms with E-state index in [9.17, 15) is 4.39 Å². The number of aromatic nitrogens is 2. The largest absolute Gasteiger partial charge is 0.369 e. The summed E-state index contributed by atoms with van der Waals surface area (Å²) >= 11 is 0. The molecule has 140 valence electrons. The summed E-state index contributed by atoms with van der Waals surface area (Å²) < 4.78 is 15.4. The molecule has 1 aliphatic rings. The van der Waals surface area contributed by atoms with Crippen molar-refractivity contribution in [2.24, 2.45) is 0 Å². The Morgan fingerprint density at radius 1 is 0.963 bits per heavy atom. The van der Waals surface area contributed by atoms with E-state index < -0.39 is 0 Å². The number of anilines is 1. The van der Waals surface area contributed by atoms with Crippen LogP contribution in [0.2, 0.25) is 0 Å². The predicted octanol–water partition coefficient (Wildman–Crippen LogP) is 3.95. The summed E-state index contributed by atoms with van der Waals surface area (Å²) in [6.45, 7) is 7.15. The highest BCUT2D eigenvalue weighted by atomic mass is 19.1. The molecular formula is C22H25FN4. The summed E-state index contributed by atoms with van der Waals surface area (Å²) in [5.74, 6) is -0.201. The lowest BCUT2D eigenvalue weighted by atomic mass is 10.1. The SMILES string of the molecule is CC(c1ccc(F)cc1)n1cncc1CN1CCN(c2ccccc2)CC1. The molecule has 0 bridgehead atoms. The van der Waals surface area contributed by atoms with Gasteiger partial charge in [-0.15, -0.1) is 0 Å². The number of benzene rings is 2. The molecule has 1 aromatic heterocycles. The van der Waals surface area contributed by atoms with Crippen molar-refractivity contribution in [2.45, 2.75) is 19.5 Å². The molecular weight excluding hydrogens is 339 g/mol. The quantitative estimate of drug-likeness (QED) is 0.685. The van der Waals surface area contributed by atoms with Gasteiger partial charge in [0.05, 0.1) is 18.1 Å². The van der Waals surface area contributed by atoms with Gasteiger partial charge in [0.1, 0.15) is 5.82 Å². The first-order valence-corrected chi connectivity index (χ1v) is 9.49. The summed E-state index contributed by atoms with van der Waals surface area (Å²) in [6.07, 6.45) is 3.83. The van der Waals surface area contributed by atoms with E-state index in [4.69, 9.17) is 0 Å². The van der Waals surface area contributed by atoms with Gasteiger partial charge in [-0.1, -0.05) is 30.3 Å². The first-order chi connectivity index (χ1) is 13.2. The third kappa shape index (κ3) is 4.03. The summed E-state index contributed by atoms with van der Waals surface area (Å²) in [4.78, 5) is 9.28. The number of rotatable bonds is 5. The van der Waals surface area contributed by atoms with Gasteiger partial charge in [0.25, 0.3) is 0 Å². The summed E-state index contributed by atoms with van der Waals surface area (Å²) in [5, 5.41) is 0. The topological polar surface area (TPSA) is 24.3 Å². The zero-order valence-corrected chi connectivity index (χ0v) is 15.6. The van der Waals surface area contributed by atoms with Crippen molar-refractivity contribution >= 4 is 5.69 Å².